The molecule has 1 aromatic carbocycles. The molecular formula is C18H19Cl3N2O3. The predicted octanol–water partition coefficient (Wildman–Crippen LogP) is 4.44. The summed E-state index contributed by atoms with van der Waals surface area (Å²) in [5, 5.41) is 6.05. The maximum atomic E-state index is 13.1. The average molecular weight is 418 g/mol. The van der Waals surface area contributed by atoms with Gasteiger partial charge in [0.25, 0.3) is 0 Å². The summed E-state index contributed by atoms with van der Waals surface area (Å²) in [6.45, 7) is 5.36. The number of halogens is 3. The van der Waals surface area contributed by atoms with E-state index >= 15 is 0 Å². The van der Waals surface area contributed by atoms with Crippen molar-refractivity contribution in [2.75, 3.05) is 5.32 Å². The fourth-order valence-electron chi connectivity index (χ4n) is 4.55. The Morgan fingerprint density at radius 1 is 0.923 bits per heavy atom. The number of rotatable bonds is 2. The van der Waals surface area contributed by atoms with Crippen LogP contribution in [0.25, 0.3) is 0 Å². The molecule has 5 nitrogen and oxygen atoms in total. The van der Waals surface area contributed by atoms with Gasteiger partial charge in [0.05, 0.1) is 20.8 Å². The minimum atomic E-state index is -0.912. The van der Waals surface area contributed by atoms with E-state index in [0.717, 1.165) is 0 Å². The van der Waals surface area contributed by atoms with E-state index in [4.69, 9.17) is 34.8 Å². The number of hydrogen-bond acceptors (Lipinski definition) is 3. The summed E-state index contributed by atoms with van der Waals surface area (Å²) in [5.74, 6) is -0.963. The molecule has 2 N–H and O–H groups in total. The first kappa shape index (κ1) is 19.5. The number of piperidine rings is 1. The summed E-state index contributed by atoms with van der Waals surface area (Å²) >= 11 is 18.1. The van der Waals surface area contributed by atoms with Crippen LogP contribution in [0.3, 0.4) is 0 Å². The van der Waals surface area contributed by atoms with Gasteiger partial charge in [-0.25, -0.2) is 0 Å². The van der Waals surface area contributed by atoms with Gasteiger partial charge in [0, 0.05) is 16.2 Å². The van der Waals surface area contributed by atoms with Crippen molar-refractivity contribution in [3.8, 4) is 0 Å². The van der Waals surface area contributed by atoms with Gasteiger partial charge < -0.3 is 5.32 Å². The second kappa shape index (κ2) is 6.11. The van der Waals surface area contributed by atoms with Gasteiger partial charge in [-0.2, -0.15) is 0 Å². The smallest absolute Gasteiger partial charge is 0.232 e. The van der Waals surface area contributed by atoms with E-state index in [0.29, 0.717) is 24.9 Å². The molecule has 26 heavy (non-hydrogen) atoms. The lowest BCUT2D eigenvalue weighted by atomic mass is 9.52. The van der Waals surface area contributed by atoms with Gasteiger partial charge in [-0.3, -0.25) is 19.7 Å². The Morgan fingerprint density at radius 3 is 1.96 bits per heavy atom. The van der Waals surface area contributed by atoms with Crippen molar-refractivity contribution in [2.45, 2.75) is 40.0 Å². The van der Waals surface area contributed by atoms with Gasteiger partial charge in [-0.1, -0.05) is 55.6 Å². The molecule has 1 aromatic rings. The van der Waals surface area contributed by atoms with Crippen LogP contribution in [0.1, 0.15) is 40.0 Å². The molecule has 2 aliphatic rings. The Bertz CT molecular complexity index is 813. The van der Waals surface area contributed by atoms with E-state index in [-0.39, 0.29) is 32.8 Å². The summed E-state index contributed by atoms with van der Waals surface area (Å²) in [4.78, 5) is 37.8. The third kappa shape index (κ3) is 3.10. The van der Waals surface area contributed by atoms with Crippen LogP contribution in [0.5, 0.6) is 0 Å². The zero-order valence-electron chi connectivity index (χ0n) is 14.6. The van der Waals surface area contributed by atoms with Gasteiger partial charge in [0.1, 0.15) is 0 Å². The number of imide groups is 1. The molecule has 140 valence electrons. The van der Waals surface area contributed by atoms with Crippen LogP contribution >= 0.6 is 34.8 Å². The molecule has 0 spiro atoms. The third-order valence-corrected chi connectivity index (χ3v) is 6.51. The Balaban J connectivity index is 1.93. The molecule has 1 heterocycles. The van der Waals surface area contributed by atoms with E-state index in [1.165, 1.54) is 12.1 Å². The zero-order chi connectivity index (χ0) is 19.5. The van der Waals surface area contributed by atoms with Crippen LogP contribution in [0, 0.1) is 16.2 Å². The van der Waals surface area contributed by atoms with Crippen LogP contribution in [0.2, 0.25) is 15.1 Å². The van der Waals surface area contributed by atoms with Crippen molar-refractivity contribution >= 4 is 58.2 Å². The van der Waals surface area contributed by atoms with E-state index in [2.05, 4.69) is 10.6 Å². The lowest BCUT2D eigenvalue weighted by molar-refractivity contribution is -0.163. The fourth-order valence-corrected chi connectivity index (χ4v) is 5.14. The summed E-state index contributed by atoms with van der Waals surface area (Å²) in [7, 11) is 0. The first-order valence-electron chi connectivity index (χ1n) is 8.21. The predicted molar refractivity (Wildman–Crippen MR) is 101 cm³/mol. The van der Waals surface area contributed by atoms with Crippen LogP contribution in [-0.4, -0.2) is 17.7 Å². The topological polar surface area (TPSA) is 75.3 Å². The molecule has 1 aliphatic heterocycles. The second-order valence-corrected chi connectivity index (χ2v) is 9.42. The highest BCUT2D eigenvalue weighted by molar-refractivity contribution is 6.44. The molecular weight excluding hydrogens is 399 g/mol. The number of fused-ring (bicyclic) bond motifs is 2. The molecule has 2 unspecified atom stereocenters. The van der Waals surface area contributed by atoms with Crippen molar-refractivity contribution in [3.63, 3.8) is 0 Å². The molecule has 2 fully saturated rings. The van der Waals surface area contributed by atoms with Gasteiger partial charge >= 0.3 is 0 Å². The van der Waals surface area contributed by atoms with E-state index < -0.39 is 16.2 Å². The SMILES string of the molecule is CC12CC(C)(CC(C)(C(=O)Nc3cc(Cl)c(Cl)cc3Cl)C1)C(=O)NC2=O. The molecule has 1 aliphatic carbocycles. The highest BCUT2D eigenvalue weighted by atomic mass is 35.5. The molecule has 2 bridgehead atoms. The molecule has 0 radical (unpaired) electrons. The number of amides is 3. The van der Waals surface area contributed by atoms with E-state index in [1.54, 1.807) is 20.8 Å². The second-order valence-electron chi connectivity index (χ2n) is 8.20. The Hall–Kier alpha value is -1.30. The van der Waals surface area contributed by atoms with E-state index in [1.807, 2.05) is 0 Å². The molecule has 3 amide bonds. The van der Waals surface area contributed by atoms with Gasteiger partial charge in [-0.05, 0) is 31.4 Å². The van der Waals surface area contributed by atoms with Crippen molar-refractivity contribution < 1.29 is 14.4 Å². The molecule has 8 heteroatoms. The molecule has 3 rings (SSSR count). The Morgan fingerprint density at radius 2 is 1.42 bits per heavy atom. The number of hydrogen-bond donors (Lipinski definition) is 2. The average Bonchev–Trinajstić information content (AvgIpc) is 2.50. The highest BCUT2D eigenvalue weighted by Crippen LogP contribution is 2.57. The molecule has 0 aromatic heterocycles. The molecule has 1 saturated carbocycles. The van der Waals surface area contributed by atoms with E-state index in [9.17, 15) is 14.4 Å². The van der Waals surface area contributed by atoms with Crippen LogP contribution in [0.15, 0.2) is 12.1 Å². The van der Waals surface area contributed by atoms with Gasteiger partial charge in [0.15, 0.2) is 0 Å². The van der Waals surface area contributed by atoms with Gasteiger partial charge in [0.2, 0.25) is 17.7 Å². The lowest BCUT2D eigenvalue weighted by Gasteiger charge is -2.53. The van der Waals surface area contributed by atoms with Crippen molar-refractivity contribution in [3.05, 3.63) is 27.2 Å². The minimum Gasteiger partial charge on any atom is -0.324 e. The first-order valence-corrected chi connectivity index (χ1v) is 9.34. The summed E-state index contributed by atoms with van der Waals surface area (Å²) in [6.07, 6.45) is 1.10. The Kier molecular flexibility index (Phi) is 4.57. The quantitative estimate of drug-likeness (QED) is 0.551. The third-order valence-electron chi connectivity index (χ3n) is 5.47. The number of benzene rings is 1. The largest absolute Gasteiger partial charge is 0.324 e. The maximum absolute atomic E-state index is 13.1. The molecule has 1 saturated heterocycles. The highest BCUT2D eigenvalue weighted by Gasteiger charge is 2.60. The number of carbonyl (C=O) groups is 3. The lowest BCUT2D eigenvalue weighted by Crippen LogP contribution is -2.63. The first-order chi connectivity index (χ1) is 11.9. The number of nitrogens with one attached hydrogen (secondary N) is 2. The molecule has 2 atom stereocenters. The van der Waals surface area contributed by atoms with Crippen LogP contribution in [0.4, 0.5) is 5.69 Å². The maximum Gasteiger partial charge on any atom is 0.232 e. The van der Waals surface area contributed by atoms with Crippen molar-refractivity contribution in [1.82, 2.24) is 5.32 Å². The fraction of sp³-hybridized carbons (Fsp3) is 0.500. The number of carbonyl (C=O) groups excluding carboxylic acids is 3. The van der Waals surface area contributed by atoms with Crippen molar-refractivity contribution in [1.29, 1.82) is 0 Å². The van der Waals surface area contributed by atoms with Crippen molar-refractivity contribution in [2.24, 2.45) is 16.2 Å². The van der Waals surface area contributed by atoms with Crippen LogP contribution in [-0.2, 0) is 14.4 Å². The summed E-state index contributed by atoms with van der Waals surface area (Å²) < 4.78 is 0. The monoisotopic (exact) mass is 416 g/mol. The minimum absolute atomic E-state index is 0.263. The summed E-state index contributed by atoms with van der Waals surface area (Å²) in [5.41, 5.74) is -2.14. The van der Waals surface area contributed by atoms with Crippen LogP contribution < -0.4 is 10.6 Å². The Labute approximate surface area is 166 Å². The normalized spacial score (nSPS) is 33.6. The zero-order valence-corrected chi connectivity index (χ0v) is 16.9. The standard InChI is InChI=1S/C18H19Cl3N2O3/c1-16(13(24)22-12-5-10(20)9(19)4-11(12)21)6-17(2)8-18(3,7-16)15(26)23-14(17)25/h4-5H,6-8H2,1-3H3,(H,22,24)(H,23,25,26). The summed E-state index contributed by atoms with van der Waals surface area (Å²) in [6, 6.07) is 2.94. The number of anilines is 1. The van der Waals surface area contributed by atoms with Gasteiger partial charge in [-0.15, -0.1) is 0 Å².